The molecule has 13 heteroatoms. The van der Waals surface area contributed by atoms with Gasteiger partial charge >= 0.3 is 18.7 Å². The predicted molar refractivity (Wildman–Crippen MR) is 121 cm³/mol. The van der Waals surface area contributed by atoms with Crippen molar-refractivity contribution in [2.45, 2.75) is 30.9 Å². The van der Waals surface area contributed by atoms with E-state index >= 15 is 0 Å². The quantitative estimate of drug-likeness (QED) is 0.242. The lowest BCUT2D eigenvalue weighted by molar-refractivity contribution is -0.253. The number of ether oxygens (including phenoxy) is 2. The van der Waals surface area contributed by atoms with Gasteiger partial charge in [-0.15, -0.1) is 0 Å². The molecular weight excluding hydrogens is 582 g/mol. The molecule has 2 N–H and O–H groups in total. The summed E-state index contributed by atoms with van der Waals surface area (Å²) in [5, 5.41) is 11.9. The van der Waals surface area contributed by atoms with Crippen LogP contribution in [0.1, 0.15) is 17.2 Å². The van der Waals surface area contributed by atoms with Crippen LogP contribution in [-0.4, -0.2) is 36.5 Å². The molecule has 0 aliphatic carbocycles. The Bertz CT molecular complexity index is 1210. The van der Waals surface area contributed by atoms with Gasteiger partial charge in [-0.1, -0.05) is 40.2 Å². The molecule has 0 amide bonds. The third-order valence-electron chi connectivity index (χ3n) is 4.91. The van der Waals surface area contributed by atoms with Gasteiger partial charge in [0.25, 0.3) is 0 Å². The van der Waals surface area contributed by atoms with Crippen molar-refractivity contribution in [2.24, 2.45) is 0 Å². The fraction of sp³-hybridized carbons (Fsp3) is 0.250. The Labute approximate surface area is 213 Å². The monoisotopic (exact) mass is 599 g/mol. The fourth-order valence-corrected chi connectivity index (χ4v) is 3.51. The van der Waals surface area contributed by atoms with E-state index in [2.05, 4.69) is 26.0 Å². The Morgan fingerprint density at radius 3 is 2.05 bits per heavy atom. The average molecular weight is 600 g/mol. The molecular formula is C24H18BrF8NO3. The fourth-order valence-electron chi connectivity index (χ4n) is 3.17. The molecule has 0 saturated carbocycles. The number of nitrogens with one attached hydrogen (secondary N) is 1. The summed E-state index contributed by atoms with van der Waals surface area (Å²) >= 11 is 3.18. The average Bonchev–Trinajstić information content (AvgIpc) is 2.81. The van der Waals surface area contributed by atoms with E-state index in [4.69, 9.17) is 4.74 Å². The van der Waals surface area contributed by atoms with Gasteiger partial charge in [-0.05, 0) is 53.6 Å². The number of rotatable bonds is 10. The van der Waals surface area contributed by atoms with Crippen molar-refractivity contribution in [3.05, 3.63) is 88.1 Å². The first-order valence-corrected chi connectivity index (χ1v) is 11.2. The topological polar surface area (TPSA) is 50.7 Å². The maximum Gasteiger partial charge on any atom is 0.461 e. The molecule has 0 radical (unpaired) electrons. The van der Waals surface area contributed by atoms with E-state index in [0.29, 0.717) is 4.47 Å². The summed E-state index contributed by atoms with van der Waals surface area (Å²) in [5.41, 5.74) is 0.266. The third kappa shape index (κ3) is 7.79. The largest absolute Gasteiger partial charge is 0.461 e. The van der Waals surface area contributed by atoms with Gasteiger partial charge in [0, 0.05) is 11.0 Å². The van der Waals surface area contributed by atoms with Gasteiger partial charge in [0.15, 0.2) is 17.7 Å². The van der Waals surface area contributed by atoms with E-state index in [1.807, 2.05) is 0 Å². The zero-order chi connectivity index (χ0) is 27.4. The molecule has 0 aliphatic rings. The normalized spacial score (nSPS) is 13.9. The summed E-state index contributed by atoms with van der Waals surface area (Å²) in [6.07, 6.45) is -16.7. The zero-order valence-corrected chi connectivity index (χ0v) is 20.0. The van der Waals surface area contributed by atoms with Crippen LogP contribution in [0.25, 0.3) is 0 Å². The van der Waals surface area contributed by atoms with E-state index in [9.17, 15) is 40.2 Å². The second-order valence-corrected chi connectivity index (χ2v) is 8.60. The summed E-state index contributed by atoms with van der Waals surface area (Å²) < 4.78 is 115. The van der Waals surface area contributed by atoms with Crippen LogP contribution in [0.3, 0.4) is 0 Å². The number of aliphatic hydroxyl groups is 1. The number of benzene rings is 3. The highest BCUT2D eigenvalue weighted by molar-refractivity contribution is 9.10. The van der Waals surface area contributed by atoms with E-state index in [-0.39, 0.29) is 22.6 Å². The molecule has 0 bridgehead atoms. The second kappa shape index (κ2) is 11.7. The van der Waals surface area contributed by atoms with Crippen molar-refractivity contribution in [2.75, 3.05) is 6.54 Å². The Balaban J connectivity index is 1.96. The molecule has 0 saturated heterocycles. The molecule has 37 heavy (non-hydrogen) atoms. The van der Waals surface area contributed by atoms with Gasteiger partial charge in [0.2, 0.25) is 0 Å². The van der Waals surface area contributed by atoms with Crippen molar-refractivity contribution >= 4 is 15.9 Å². The van der Waals surface area contributed by atoms with Gasteiger partial charge < -0.3 is 19.9 Å². The standard InChI is InChI=1S/C24H18BrF8NO3/c25-15-7-8-18(26)19(11-15)36-16-5-1-3-13(9-16)21(34-12-20(35)23(29,30)31)14-4-2-6-17(10-14)37-24(32,33)22(27)28/h1-11,20-22,34-35H,12H2/t20-,21?/m1/s1. The molecule has 200 valence electrons. The first-order chi connectivity index (χ1) is 17.3. The number of alkyl halides is 7. The molecule has 0 aromatic heterocycles. The molecule has 4 nitrogen and oxygen atoms in total. The molecule has 1 unspecified atom stereocenters. The van der Waals surface area contributed by atoms with Crippen molar-refractivity contribution in [3.63, 3.8) is 0 Å². The summed E-state index contributed by atoms with van der Waals surface area (Å²) in [5.74, 6) is -1.45. The lowest BCUT2D eigenvalue weighted by atomic mass is 9.98. The van der Waals surface area contributed by atoms with E-state index < -0.39 is 49.0 Å². The van der Waals surface area contributed by atoms with Gasteiger partial charge in [-0.3, -0.25) is 0 Å². The highest BCUT2D eigenvalue weighted by Crippen LogP contribution is 2.34. The molecule has 3 aromatic rings. The van der Waals surface area contributed by atoms with E-state index in [1.165, 1.54) is 48.5 Å². The SMILES string of the molecule is O[C@H](CNC(c1cccc(Oc2cc(Br)ccc2F)c1)c1cccc(OC(F)(F)C(F)F)c1)C(F)(F)F. The Morgan fingerprint density at radius 2 is 1.46 bits per heavy atom. The maximum absolute atomic E-state index is 14.1. The van der Waals surface area contributed by atoms with Gasteiger partial charge in [0.05, 0.1) is 6.04 Å². The van der Waals surface area contributed by atoms with Crippen LogP contribution in [-0.2, 0) is 0 Å². The van der Waals surface area contributed by atoms with Crippen molar-refractivity contribution in [1.82, 2.24) is 5.32 Å². The Morgan fingerprint density at radius 1 is 0.865 bits per heavy atom. The minimum absolute atomic E-state index is 0.0442. The molecule has 3 rings (SSSR count). The lowest BCUT2D eigenvalue weighted by Crippen LogP contribution is -2.40. The molecule has 2 atom stereocenters. The third-order valence-corrected chi connectivity index (χ3v) is 5.40. The van der Waals surface area contributed by atoms with Crippen LogP contribution < -0.4 is 14.8 Å². The predicted octanol–water partition coefficient (Wildman–Crippen LogP) is 7.22. The number of halogens is 9. The summed E-state index contributed by atoms with van der Waals surface area (Å²) in [7, 11) is 0. The summed E-state index contributed by atoms with van der Waals surface area (Å²) in [4.78, 5) is 0. The van der Waals surface area contributed by atoms with Crippen LogP contribution in [0.15, 0.2) is 71.2 Å². The minimum Gasteiger partial charge on any atom is -0.454 e. The highest BCUT2D eigenvalue weighted by Gasteiger charge is 2.44. The minimum atomic E-state index is -4.95. The van der Waals surface area contributed by atoms with Crippen LogP contribution in [0.5, 0.6) is 17.2 Å². The Kier molecular flexibility index (Phi) is 9.03. The molecule has 0 fully saturated rings. The van der Waals surface area contributed by atoms with Crippen molar-refractivity contribution in [3.8, 4) is 17.2 Å². The summed E-state index contributed by atoms with van der Waals surface area (Å²) in [6.45, 7) is -1.00. The van der Waals surface area contributed by atoms with Crippen LogP contribution in [0, 0.1) is 5.82 Å². The van der Waals surface area contributed by atoms with Gasteiger partial charge in [-0.25, -0.2) is 4.39 Å². The summed E-state index contributed by atoms with van der Waals surface area (Å²) in [6, 6.07) is 12.8. The second-order valence-electron chi connectivity index (χ2n) is 7.69. The van der Waals surface area contributed by atoms with Crippen LogP contribution in [0.2, 0.25) is 0 Å². The lowest BCUT2D eigenvalue weighted by Gasteiger charge is -2.24. The molecule has 0 aliphatic heterocycles. The smallest absolute Gasteiger partial charge is 0.454 e. The number of hydrogen-bond donors (Lipinski definition) is 2. The molecule has 0 spiro atoms. The zero-order valence-electron chi connectivity index (χ0n) is 18.5. The first kappa shape index (κ1) is 28.7. The van der Waals surface area contributed by atoms with Gasteiger partial charge in [0.1, 0.15) is 11.5 Å². The Hall–Kier alpha value is -2.90. The first-order valence-electron chi connectivity index (χ1n) is 10.4. The molecule has 0 heterocycles. The van der Waals surface area contributed by atoms with Crippen LogP contribution in [0.4, 0.5) is 35.1 Å². The number of hydrogen-bond acceptors (Lipinski definition) is 4. The van der Waals surface area contributed by atoms with Crippen molar-refractivity contribution < 1.29 is 49.7 Å². The molecule has 3 aromatic carbocycles. The highest BCUT2D eigenvalue weighted by atomic mass is 79.9. The van der Waals surface area contributed by atoms with E-state index in [0.717, 1.165) is 18.2 Å². The van der Waals surface area contributed by atoms with E-state index in [1.54, 1.807) is 0 Å². The van der Waals surface area contributed by atoms with Crippen LogP contribution >= 0.6 is 15.9 Å². The van der Waals surface area contributed by atoms with Gasteiger partial charge in [-0.2, -0.15) is 30.7 Å². The number of aliphatic hydroxyl groups excluding tert-OH is 1. The van der Waals surface area contributed by atoms with Crippen molar-refractivity contribution in [1.29, 1.82) is 0 Å². The maximum atomic E-state index is 14.1.